The molecule has 1 heterocycles. The Kier molecular flexibility index (Phi) is 4.96. The molecule has 0 saturated heterocycles. The average Bonchev–Trinajstić information content (AvgIpc) is 2.62. The Labute approximate surface area is 106 Å². The van der Waals surface area contributed by atoms with Crippen LogP contribution in [0.5, 0.6) is 0 Å². The molecule has 0 unspecified atom stereocenters. The van der Waals surface area contributed by atoms with Gasteiger partial charge in [0, 0.05) is 24.9 Å². The molecule has 0 fully saturated rings. The third-order valence-electron chi connectivity index (χ3n) is 2.80. The standard InChI is InChI=1S/C12H20N2O2S/c1-6-10(16-15)13-11-8(3)9(4)17-12(11)14(5)7-2/h15H,6-7H2,1-5H3. The largest absolute Gasteiger partial charge is 0.365 e. The van der Waals surface area contributed by atoms with E-state index in [1.54, 1.807) is 11.3 Å². The average molecular weight is 256 g/mol. The molecule has 1 aromatic rings. The quantitative estimate of drug-likeness (QED) is 0.386. The Balaban J connectivity index is 3.25. The van der Waals surface area contributed by atoms with Crippen LogP contribution >= 0.6 is 11.3 Å². The Morgan fingerprint density at radius 3 is 2.53 bits per heavy atom. The highest BCUT2D eigenvalue weighted by molar-refractivity contribution is 7.17. The Morgan fingerprint density at radius 1 is 1.41 bits per heavy atom. The van der Waals surface area contributed by atoms with Gasteiger partial charge in [-0.1, -0.05) is 6.92 Å². The van der Waals surface area contributed by atoms with Crippen molar-refractivity contribution in [3.8, 4) is 0 Å². The highest BCUT2D eigenvalue weighted by Crippen LogP contribution is 2.41. The second-order valence-corrected chi connectivity index (χ2v) is 5.10. The zero-order valence-corrected chi connectivity index (χ0v) is 11.9. The first-order valence-electron chi connectivity index (χ1n) is 5.75. The van der Waals surface area contributed by atoms with E-state index in [0.717, 1.165) is 22.8 Å². The summed E-state index contributed by atoms with van der Waals surface area (Å²) < 4.78 is 0. The zero-order valence-electron chi connectivity index (χ0n) is 11.1. The van der Waals surface area contributed by atoms with Crippen LogP contribution < -0.4 is 4.90 Å². The second kappa shape index (κ2) is 6.02. The Hall–Kier alpha value is -1.07. The third-order valence-corrected chi connectivity index (χ3v) is 4.11. The fraction of sp³-hybridized carbons (Fsp3) is 0.583. The number of anilines is 1. The molecular formula is C12H20N2O2S. The lowest BCUT2D eigenvalue weighted by Gasteiger charge is -2.15. The molecule has 4 nitrogen and oxygen atoms in total. The molecule has 17 heavy (non-hydrogen) atoms. The van der Waals surface area contributed by atoms with E-state index in [1.807, 2.05) is 20.9 Å². The summed E-state index contributed by atoms with van der Waals surface area (Å²) in [6.07, 6.45) is 0.570. The highest BCUT2D eigenvalue weighted by Gasteiger charge is 2.15. The SMILES string of the molecule is CCC(=Nc1c(N(C)CC)sc(C)c1C)OO. The first-order valence-corrected chi connectivity index (χ1v) is 6.56. The molecule has 5 heteroatoms. The topological polar surface area (TPSA) is 45.1 Å². The second-order valence-electron chi connectivity index (χ2n) is 3.90. The lowest BCUT2D eigenvalue weighted by Crippen LogP contribution is -2.14. The highest BCUT2D eigenvalue weighted by atomic mass is 32.1. The van der Waals surface area contributed by atoms with Gasteiger partial charge in [-0.2, -0.15) is 0 Å². The number of hydrogen-bond donors (Lipinski definition) is 1. The third kappa shape index (κ3) is 2.98. The molecule has 96 valence electrons. The number of hydrogen-bond acceptors (Lipinski definition) is 5. The lowest BCUT2D eigenvalue weighted by molar-refractivity contribution is -0.156. The molecule has 0 aliphatic heterocycles. The van der Waals surface area contributed by atoms with Crippen molar-refractivity contribution in [3.63, 3.8) is 0 Å². The Morgan fingerprint density at radius 2 is 2.06 bits per heavy atom. The van der Waals surface area contributed by atoms with Crippen molar-refractivity contribution < 1.29 is 10.1 Å². The molecule has 0 aliphatic carbocycles. The van der Waals surface area contributed by atoms with Crippen molar-refractivity contribution in [2.24, 2.45) is 4.99 Å². The lowest BCUT2D eigenvalue weighted by atomic mass is 10.2. The molecule has 0 atom stereocenters. The number of aryl methyl sites for hydroxylation is 1. The van der Waals surface area contributed by atoms with E-state index >= 15 is 0 Å². The van der Waals surface area contributed by atoms with Crippen LogP contribution in [-0.4, -0.2) is 24.7 Å². The van der Waals surface area contributed by atoms with Gasteiger partial charge in [0.15, 0.2) is 0 Å². The van der Waals surface area contributed by atoms with Gasteiger partial charge in [-0.15, -0.1) is 11.3 Å². The summed E-state index contributed by atoms with van der Waals surface area (Å²) in [5, 5.41) is 9.85. The van der Waals surface area contributed by atoms with Crippen molar-refractivity contribution in [1.29, 1.82) is 0 Å². The van der Waals surface area contributed by atoms with E-state index in [0.29, 0.717) is 12.3 Å². The van der Waals surface area contributed by atoms with E-state index in [2.05, 4.69) is 28.6 Å². The van der Waals surface area contributed by atoms with Crippen LogP contribution in [0, 0.1) is 13.8 Å². The summed E-state index contributed by atoms with van der Waals surface area (Å²) in [4.78, 5) is 12.1. The summed E-state index contributed by atoms with van der Waals surface area (Å²) in [5.41, 5.74) is 2.05. The van der Waals surface area contributed by atoms with Gasteiger partial charge in [-0.3, -0.25) is 0 Å². The van der Waals surface area contributed by atoms with E-state index in [9.17, 15) is 0 Å². The van der Waals surface area contributed by atoms with Crippen LogP contribution in [0.15, 0.2) is 4.99 Å². The maximum absolute atomic E-state index is 8.73. The van der Waals surface area contributed by atoms with Gasteiger partial charge >= 0.3 is 0 Å². The van der Waals surface area contributed by atoms with Gasteiger partial charge in [0.1, 0.15) is 10.7 Å². The molecule has 0 aromatic carbocycles. The number of aliphatic imine (C=N–C) groups is 1. The van der Waals surface area contributed by atoms with Crippen molar-refractivity contribution >= 4 is 27.9 Å². The fourth-order valence-corrected chi connectivity index (χ4v) is 2.54. The molecule has 0 radical (unpaired) electrons. The van der Waals surface area contributed by atoms with Gasteiger partial charge in [-0.05, 0) is 26.3 Å². The number of thiophene rings is 1. The maximum Gasteiger partial charge on any atom is 0.232 e. The summed E-state index contributed by atoms with van der Waals surface area (Å²) >= 11 is 1.72. The minimum absolute atomic E-state index is 0.344. The molecule has 0 saturated carbocycles. The van der Waals surface area contributed by atoms with E-state index in [-0.39, 0.29) is 0 Å². The summed E-state index contributed by atoms with van der Waals surface area (Å²) in [5.74, 6) is 0.344. The fourth-order valence-electron chi connectivity index (χ4n) is 1.42. The monoisotopic (exact) mass is 256 g/mol. The molecule has 0 amide bonds. The van der Waals surface area contributed by atoms with E-state index in [1.165, 1.54) is 4.88 Å². The number of rotatable bonds is 4. The van der Waals surface area contributed by atoms with Crippen molar-refractivity contribution in [2.45, 2.75) is 34.1 Å². The number of nitrogens with zero attached hydrogens (tertiary/aromatic N) is 2. The van der Waals surface area contributed by atoms with Crippen molar-refractivity contribution in [1.82, 2.24) is 0 Å². The summed E-state index contributed by atoms with van der Waals surface area (Å²) in [6, 6.07) is 0. The molecule has 0 aliphatic rings. The first kappa shape index (κ1) is 14.0. The van der Waals surface area contributed by atoms with Gasteiger partial charge in [0.05, 0.1) is 0 Å². The molecular weight excluding hydrogens is 236 g/mol. The molecule has 1 aromatic heterocycles. The molecule has 1 rings (SSSR count). The van der Waals surface area contributed by atoms with Gasteiger partial charge < -0.3 is 9.79 Å². The van der Waals surface area contributed by atoms with Gasteiger partial charge in [0.25, 0.3) is 0 Å². The summed E-state index contributed by atoms with van der Waals surface area (Å²) in [6.45, 7) is 9.04. The predicted octanol–water partition coefficient (Wildman–Crippen LogP) is 3.75. The van der Waals surface area contributed by atoms with Crippen LogP contribution in [-0.2, 0) is 4.89 Å². The maximum atomic E-state index is 8.73. The molecule has 1 N–H and O–H groups in total. The van der Waals surface area contributed by atoms with Crippen molar-refractivity contribution in [2.75, 3.05) is 18.5 Å². The van der Waals surface area contributed by atoms with Gasteiger partial charge in [-0.25, -0.2) is 10.2 Å². The van der Waals surface area contributed by atoms with Crippen LogP contribution in [0.25, 0.3) is 0 Å². The summed E-state index contributed by atoms with van der Waals surface area (Å²) in [7, 11) is 2.04. The van der Waals surface area contributed by atoms with E-state index < -0.39 is 0 Å². The minimum Gasteiger partial charge on any atom is -0.365 e. The smallest absolute Gasteiger partial charge is 0.232 e. The Bertz CT molecular complexity index is 407. The van der Waals surface area contributed by atoms with Gasteiger partial charge in [0.2, 0.25) is 5.90 Å². The van der Waals surface area contributed by atoms with Crippen LogP contribution in [0.3, 0.4) is 0 Å². The minimum atomic E-state index is 0.344. The van der Waals surface area contributed by atoms with Crippen molar-refractivity contribution in [3.05, 3.63) is 10.4 Å². The van der Waals surface area contributed by atoms with Crippen LogP contribution in [0.2, 0.25) is 0 Å². The first-order chi connectivity index (χ1) is 8.04. The molecule has 0 spiro atoms. The van der Waals surface area contributed by atoms with Crippen LogP contribution in [0.1, 0.15) is 30.7 Å². The van der Waals surface area contributed by atoms with Crippen LogP contribution in [0.4, 0.5) is 10.7 Å². The zero-order chi connectivity index (χ0) is 13.0. The van der Waals surface area contributed by atoms with E-state index in [4.69, 9.17) is 5.26 Å². The normalized spacial score (nSPS) is 11.8. The molecule has 0 bridgehead atoms. The predicted molar refractivity (Wildman–Crippen MR) is 73.8 cm³/mol.